The van der Waals surface area contributed by atoms with Crippen molar-refractivity contribution in [2.24, 2.45) is 5.73 Å². The Morgan fingerprint density at radius 3 is 2.00 bits per heavy atom. The molecule has 0 radical (unpaired) electrons. The molecule has 86 valence electrons. The number of hydrogen-bond donors (Lipinski definition) is 6. The Hall–Kier alpha value is 1.22. The third-order valence-corrected chi connectivity index (χ3v) is 5.32. The van der Waals surface area contributed by atoms with E-state index >= 15 is 0 Å². The van der Waals surface area contributed by atoms with E-state index in [9.17, 15) is 18.9 Å². The Bertz CT molecular complexity index is 323. The van der Waals surface area contributed by atoms with Crippen molar-refractivity contribution in [3.8, 4) is 0 Å². The van der Waals surface area contributed by atoms with Gasteiger partial charge in [-0.15, -0.1) is 0 Å². The maximum atomic E-state index is 11.5. The molecule has 8 nitrogen and oxygen atoms in total. The molecule has 0 heterocycles. The Morgan fingerprint density at radius 1 is 1.27 bits per heavy atom. The molecule has 0 aromatic carbocycles. The quantitative estimate of drug-likeness (QED) is 0.191. The smallest absolute Gasteiger partial charge is 0.368 e. The van der Waals surface area contributed by atoms with E-state index in [1.54, 1.807) is 0 Å². The van der Waals surface area contributed by atoms with Crippen LogP contribution in [0.2, 0.25) is 0 Å². The van der Waals surface area contributed by atoms with Crippen LogP contribution in [-0.2, 0) is 9.13 Å². The molecule has 0 spiro atoms. The van der Waals surface area contributed by atoms with Gasteiger partial charge in [-0.1, -0.05) is 0 Å². The van der Waals surface area contributed by atoms with Crippen LogP contribution >= 0.6 is 15.2 Å². The molecule has 15 heavy (non-hydrogen) atoms. The number of nitrogens with two attached hydrogens (primary N) is 1. The topological polar surface area (TPSA) is 161 Å². The average Bonchev–Trinajstić information content (AvgIpc) is 2.30. The molecule has 2 atom stereocenters. The van der Waals surface area contributed by atoms with E-state index in [2.05, 4.69) is 14.9 Å². The van der Waals surface area contributed by atoms with Crippen LogP contribution in [0.15, 0.2) is 0 Å². The molecule has 7 N–H and O–H groups in total. The van der Waals surface area contributed by atoms with Gasteiger partial charge in [-0.25, -0.2) is 0 Å². The van der Waals surface area contributed by atoms with E-state index in [1.165, 1.54) is 0 Å². The van der Waals surface area contributed by atoms with Crippen molar-refractivity contribution >= 4 is 15.2 Å². The van der Waals surface area contributed by atoms with E-state index < -0.39 is 26.7 Å². The first-order valence-electron chi connectivity index (χ1n) is 4.77. The average molecular weight is 275 g/mol. The SMILES string of the molecule is [2H]OC(CCCN)(P(=O)(O)O[2H])P(=O)(O)O[2H].[Na+]. The zero-order valence-corrected chi connectivity index (χ0v) is 11.8. The van der Waals surface area contributed by atoms with Crippen LogP contribution in [0.3, 0.4) is 0 Å². The summed E-state index contributed by atoms with van der Waals surface area (Å²) in [6.07, 6.45) is -0.743. The summed E-state index contributed by atoms with van der Waals surface area (Å²) in [6.45, 7) is -0.0406. The summed E-state index contributed by atoms with van der Waals surface area (Å²) in [7, 11) is -10.3. The molecule has 0 bridgehead atoms. The molecular formula is C4H13NNaO7P2+. The van der Waals surface area contributed by atoms with Crippen LogP contribution < -0.4 is 35.3 Å². The van der Waals surface area contributed by atoms with Crippen molar-refractivity contribution in [3.63, 3.8) is 0 Å². The molecule has 0 aliphatic rings. The summed E-state index contributed by atoms with van der Waals surface area (Å²) in [4.78, 5) is 25.5. The van der Waals surface area contributed by atoms with Gasteiger partial charge in [0.1, 0.15) is 0 Å². The van der Waals surface area contributed by atoms with Gasteiger partial charge in [-0.3, -0.25) is 9.13 Å². The summed E-state index contributed by atoms with van der Waals surface area (Å²) in [5, 5.41) is 0.805. The molecule has 0 saturated heterocycles. The third kappa shape index (κ3) is 4.53. The molecule has 11 heteroatoms. The van der Waals surface area contributed by atoms with Crippen LogP contribution in [0.1, 0.15) is 12.8 Å². The predicted octanol–water partition coefficient (Wildman–Crippen LogP) is -4.27. The van der Waals surface area contributed by atoms with Crippen LogP contribution in [0, 0.1) is 0 Å². The molecule has 0 amide bonds. The zero-order chi connectivity index (χ0) is 13.7. The Morgan fingerprint density at radius 2 is 1.73 bits per heavy atom. The second-order valence-corrected chi connectivity index (χ2v) is 6.56. The van der Waals surface area contributed by atoms with Crippen molar-refractivity contribution in [1.82, 2.24) is 0 Å². The van der Waals surface area contributed by atoms with Crippen molar-refractivity contribution in [2.75, 3.05) is 6.54 Å². The summed E-state index contributed by atoms with van der Waals surface area (Å²) >= 11 is 0. The van der Waals surface area contributed by atoms with Crippen molar-refractivity contribution in [3.05, 3.63) is 0 Å². The van der Waals surface area contributed by atoms with Crippen LogP contribution in [0.4, 0.5) is 0 Å². The third-order valence-electron chi connectivity index (χ3n) is 1.59. The second kappa shape index (κ2) is 6.23. The molecular weight excluding hydrogens is 259 g/mol. The summed E-state index contributed by atoms with van der Waals surface area (Å²) < 4.78 is 42.5. The number of hydrogen-bond acceptors (Lipinski definition) is 6. The molecule has 0 saturated carbocycles. The predicted molar refractivity (Wildman–Crippen MR) is 47.3 cm³/mol. The maximum Gasteiger partial charge on any atom is 1.00 e. The standard InChI is InChI=1S/C4H13NO7P2.Na/c5-3-1-2-4(6,13(7,8)9)14(10,11)12;/h6H,1-3,5H2,(H2,7,8,9)(H2,10,11,12);/q;+1/i6D;/hD2. The van der Waals surface area contributed by atoms with Gasteiger partial charge in [0.2, 0.25) is 4.29 Å². The first kappa shape index (κ1) is 12.7. The molecule has 0 aromatic heterocycles. The van der Waals surface area contributed by atoms with Gasteiger partial charge in [0.25, 0.3) is 5.08 Å². The molecule has 0 fully saturated rings. The summed E-state index contributed by atoms with van der Waals surface area (Å²) in [6, 6.07) is 0. The van der Waals surface area contributed by atoms with Gasteiger partial charge in [0, 0.05) is 6.42 Å². The molecule has 2 unspecified atom stereocenters. The van der Waals surface area contributed by atoms with Crippen molar-refractivity contribution in [2.45, 2.75) is 17.9 Å². The van der Waals surface area contributed by atoms with Gasteiger partial charge >= 0.3 is 44.7 Å². The normalized spacial score (nSPS) is 25.7. The van der Waals surface area contributed by atoms with Crippen LogP contribution in [-0.4, -0.2) is 40.6 Å². The second-order valence-electron chi connectivity index (χ2n) is 2.68. The van der Waals surface area contributed by atoms with Gasteiger partial charge in [0.05, 0.1) is 0 Å². The molecule has 0 aliphatic carbocycles. The first-order chi connectivity index (χ1) is 7.74. The molecule has 0 rings (SSSR count). The minimum Gasteiger partial charge on any atom is -0.368 e. The Labute approximate surface area is 113 Å². The Kier molecular flexibility index (Phi) is 5.27. The number of rotatable bonds is 8. The summed E-state index contributed by atoms with van der Waals surface area (Å²) in [5.41, 5.74) is 5.13. The maximum absolute atomic E-state index is 11.5. The van der Waals surface area contributed by atoms with Gasteiger partial charge in [0.15, 0.2) is 0 Å². The summed E-state index contributed by atoms with van der Waals surface area (Å²) in [5.74, 6) is 0. The first-order valence-corrected chi connectivity index (χ1v) is 6.70. The van der Waals surface area contributed by atoms with Gasteiger partial charge in [-0.05, 0) is 13.0 Å². The van der Waals surface area contributed by atoms with Gasteiger partial charge in [-0.2, -0.15) is 0 Å². The largest absolute Gasteiger partial charge is 1.00 e. The van der Waals surface area contributed by atoms with E-state index in [0.29, 0.717) is 0 Å². The fourth-order valence-corrected chi connectivity index (χ4v) is 2.93. The van der Waals surface area contributed by atoms with Crippen LogP contribution in [0.5, 0.6) is 0 Å². The fraction of sp³-hybridized carbons (Fsp3) is 1.00. The minimum absolute atomic E-state index is 0. The Balaban J connectivity index is 0. The van der Waals surface area contributed by atoms with Crippen molar-refractivity contribution in [1.29, 1.82) is 4.29 Å². The minimum atomic E-state index is -5.14. The number of aliphatic hydroxyl groups is 1. The van der Waals surface area contributed by atoms with Crippen molar-refractivity contribution < 1.29 is 63.4 Å². The van der Waals surface area contributed by atoms with E-state index in [4.69, 9.17) is 10.0 Å². The zero-order valence-electron chi connectivity index (χ0n) is 11.0. The fourth-order valence-electron chi connectivity index (χ4n) is 0.775. The molecule has 0 aliphatic heterocycles. The van der Waals surface area contributed by atoms with E-state index in [1.807, 2.05) is 0 Å². The van der Waals surface area contributed by atoms with Crippen LogP contribution in [0.25, 0.3) is 0 Å². The van der Waals surface area contributed by atoms with E-state index in [0.717, 1.165) is 0 Å². The van der Waals surface area contributed by atoms with E-state index in [-0.39, 0.29) is 42.5 Å². The monoisotopic (exact) mass is 275 g/mol. The molecule has 0 aromatic rings. The van der Waals surface area contributed by atoms with Gasteiger partial charge < -0.3 is 30.4 Å².